The van der Waals surface area contributed by atoms with Crippen molar-refractivity contribution in [1.82, 2.24) is 19.4 Å². The van der Waals surface area contributed by atoms with Gasteiger partial charge in [-0.25, -0.2) is 4.98 Å². The third-order valence-electron chi connectivity index (χ3n) is 4.77. The fraction of sp³-hybridized carbons (Fsp3) is 0.316. The SMILES string of the molecule is Cc1cc(C(=O)N2CCC(n3ccnc3)CC2)c2ccccc2n1. The van der Waals surface area contributed by atoms with Gasteiger partial charge in [0, 0.05) is 42.6 Å². The van der Waals surface area contributed by atoms with Crippen molar-refractivity contribution in [3.05, 3.63) is 60.3 Å². The maximum atomic E-state index is 13.0. The van der Waals surface area contributed by atoms with E-state index in [2.05, 4.69) is 14.5 Å². The Morgan fingerprint density at radius 3 is 2.75 bits per heavy atom. The molecule has 3 heterocycles. The number of piperidine rings is 1. The second-order valence-electron chi connectivity index (χ2n) is 6.36. The molecule has 5 nitrogen and oxygen atoms in total. The minimum absolute atomic E-state index is 0.112. The molecule has 24 heavy (non-hydrogen) atoms. The molecular weight excluding hydrogens is 300 g/mol. The molecule has 0 radical (unpaired) electrons. The number of amides is 1. The molecule has 0 unspecified atom stereocenters. The molecule has 0 aliphatic carbocycles. The smallest absolute Gasteiger partial charge is 0.254 e. The maximum Gasteiger partial charge on any atom is 0.254 e. The van der Waals surface area contributed by atoms with Gasteiger partial charge in [-0.05, 0) is 31.9 Å². The zero-order chi connectivity index (χ0) is 16.5. The van der Waals surface area contributed by atoms with Crippen molar-refractivity contribution >= 4 is 16.8 Å². The number of carbonyl (C=O) groups is 1. The number of imidazole rings is 1. The molecule has 5 heteroatoms. The van der Waals surface area contributed by atoms with Crippen LogP contribution in [0.5, 0.6) is 0 Å². The van der Waals surface area contributed by atoms with E-state index in [0.29, 0.717) is 6.04 Å². The average molecular weight is 320 g/mol. The third-order valence-corrected chi connectivity index (χ3v) is 4.77. The van der Waals surface area contributed by atoms with E-state index in [0.717, 1.165) is 48.1 Å². The number of benzene rings is 1. The standard InChI is InChI=1S/C19H20N4O/c1-14-12-17(16-4-2-3-5-18(16)21-14)19(24)22-9-6-15(7-10-22)23-11-8-20-13-23/h2-5,8,11-13,15H,6-7,9-10H2,1H3. The van der Waals surface area contributed by atoms with Gasteiger partial charge in [0.2, 0.25) is 0 Å². The van der Waals surface area contributed by atoms with Crippen LogP contribution < -0.4 is 0 Å². The summed E-state index contributed by atoms with van der Waals surface area (Å²) in [4.78, 5) is 23.7. The minimum Gasteiger partial charge on any atom is -0.338 e. The Balaban J connectivity index is 1.57. The van der Waals surface area contributed by atoms with Gasteiger partial charge in [0.1, 0.15) is 0 Å². The molecule has 1 aliphatic rings. The number of nitrogens with zero attached hydrogens (tertiary/aromatic N) is 4. The van der Waals surface area contributed by atoms with Gasteiger partial charge in [0.25, 0.3) is 5.91 Å². The highest BCUT2D eigenvalue weighted by Gasteiger charge is 2.25. The molecule has 1 fully saturated rings. The lowest BCUT2D eigenvalue weighted by Gasteiger charge is -2.32. The van der Waals surface area contributed by atoms with Crippen LogP contribution in [-0.4, -0.2) is 38.4 Å². The molecule has 2 aromatic heterocycles. The lowest BCUT2D eigenvalue weighted by molar-refractivity contribution is 0.0696. The van der Waals surface area contributed by atoms with Gasteiger partial charge in [0.05, 0.1) is 17.4 Å². The monoisotopic (exact) mass is 320 g/mol. The first-order valence-corrected chi connectivity index (χ1v) is 8.35. The highest BCUT2D eigenvalue weighted by atomic mass is 16.2. The molecule has 0 bridgehead atoms. The summed E-state index contributed by atoms with van der Waals surface area (Å²) in [6, 6.07) is 10.2. The quantitative estimate of drug-likeness (QED) is 0.728. The van der Waals surface area contributed by atoms with Crippen LogP contribution >= 0.6 is 0 Å². The molecular formula is C19H20N4O. The summed E-state index contributed by atoms with van der Waals surface area (Å²) in [5.41, 5.74) is 2.53. The van der Waals surface area contributed by atoms with Crippen LogP contribution in [-0.2, 0) is 0 Å². The van der Waals surface area contributed by atoms with E-state index in [4.69, 9.17) is 0 Å². The second-order valence-corrected chi connectivity index (χ2v) is 6.36. The second kappa shape index (κ2) is 6.07. The summed E-state index contributed by atoms with van der Waals surface area (Å²) in [5.74, 6) is 0.112. The Bertz CT molecular complexity index is 864. The normalized spacial score (nSPS) is 15.8. The van der Waals surface area contributed by atoms with Gasteiger partial charge in [-0.1, -0.05) is 18.2 Å². The molecule has 1 amide bonds. The number of para-hydroxylation sites is 1. The Morgan fingerprint density at radius 1 is 1.21 bits per heavy atom. The molecule has 0 N–H and O–H groups in total. The first-order valence-electron chi connectivity index (χ1n) is 8.35. The summed E-state index contributed by atoms with van der Waals surface area (Å²) in [7, 11) is 0. The van der Waals surface area contributed by atoms with Gasteiger partial charge >= 0.3 is 0 Å². The zero-order valence-electron chi connectivity index (χ0n) is 13.7. The van der Waals surface area contributed by atoms with E-state index in [9.17, 15) is 4.79 Å². The highest BCUT2D eigenvalue weighted by Crippen LogP contribution is 2.25. The summed E-state index contributed by atoms with van der Waals surface area (Å²) in [5, 5.41) is 0.935. The Hall–Kier alpha value is -2.69. The molecule has 1 aliphatic heterocycles. The number of hydrogen-bond donors (Lipinski definition) is 0. The topological polar surface area (TPSA) is 51.0 Å². The van der Waals surface area contributed by atoms with Crippen LogP contribution in [0, 0.1) is 6.92 Å². The van der Waals surface area contributed by atoms with Crippen molar-refractivity contribution in [2.45, 2.75) is 25.8 Å². The van der Waals surface area contributed by atoms with Crippen LogP contribution in [0.4, 0.5) is 0 Å². The molecule has 0 saturated carbocycles. The number of pyridine rings is 1. The largest absolute Gasteiger partial charge is 0.338 e. The van der Waals surface area contributed by atoms with E-state index in [1.165, 1.54) is 0 Å². The summed E-state index contributed by atoms with van der Waals surface area (Å²) < 4.78 is 2.15. The van der Waals surface area contributed by atoms with Crippen molar-refractivity contribution in [2.75, 3.05) is 13.1 Å². The predicted octanol–water partition coefficient (Wildman–Crippen LogP) is 3.22. The van der Waals surface area contributed by atoms with Crippen LogP contribution in [0.2, 0.25) is 0 Å². The van der Waals surface area contributed by atoms with Crippen LogP contribution in [0.3, 0.4) is 0 Å². The van der Waals surface area contributed by atoms with E-state index in [1.807, 2.05) is 60.9 Å². The van der Waals surface area contributed by atoms with Crippen molar-refractivity contribution in [3.63, 3.8) is 0 Å². The number of carbonyl (C=O) groups excluding carboxylic acids is 1. The van der Waals surface area contributed by atoms with Gasteiger partial charge in [-0.15, -0.1) is 0 Å². The lowest BCUT2D eigenvalue weighted by Crippen LogP contribution is -2.39. The van der Waals surface area contributed by atoms with Crippen LogP contribution in [0.1, 0.15) is 34.9 Å². The summed E-state index contributed by atoms with van der Waals surface area (Å²) in [6.45, 7) is 3.49. The van der Waals surface area contributed by atoms with Crippen molar-refractivity contribution < 1.29 is 4.79 Å². The van der Waals surface area contributed by atoms with E-state index < -0.39 is 0 Å². The number of aromatic nitrogens is 3. The molecule has 1 aromatic carbocycles. The fourth-order valence-electron chi connectivity index (χ4n) is 3.51. The minimum atomic E-state index is 0.112. The number of rotatable bonds is 2. The van der Waals surface area contributed by atoms with Crippen LogP contribution in [0.25, 0.3) is 10.9 Å². The first-order chi connectivity index (χ1) is 11.7. The van der Waals surface area contributed by atoms with E-state index in [-0.39, 0.29) is 5.91 Å². The Kier molecular flexibility index (Phi) is 3.76. The number of aryl methyl sites for hydroxylation is 1. The molecule has 0 atom stereocenters. The fourth-order valence-corrected chi connectivity index (χ4v) is 3.51. The van der Waals surface area contributed by atoms with Crippen LogP contribution in [0.15, 0.2) is 49.1 Å². The Labute approximate surface area is 140 Å². The lowest BCUT2D eigenvalue weighted by atomic mass is 10.0. The number of hydrogen-bond acceptors (Lipinski definition) is 3. The molecule has 4 rings (SSSR count). The van der Waals surface area contributed by atoms with Crippen molar-refractivity contribution in [1.29, 1.82) is 0 Å². The summed E-state index contributed by atoms with van der Waals surface area (Å²) in [6.07, 6.45) is 7.60. The van der Waals surface area contributed by atoms with E-state index in [1.54, 1.807) is 0 Å². The van der Waals surface area contributed by atoms with Crippen molar-refractivity contribution in [2.24, 2.45) is 0 Å². The van der Waals surface area contributed by atoms with Gasteiger partial charge < -0.3 is 9.47 Å². The molecule has 3 aromatic rings. The van der Waals surface area contributed by atoms with Gasteiger partial charge in [0.15, 0.2) is 0 Å². The predicted molar refractivity (Wildman–Crippen MR) is 92.9 cm³/mol. The average Bonchev–Trinajstić information content (AvgIpc) is 3.15. The number of likely N-dealkylation sites (tertiary alicyclic amines) is 1. The molecule has 122 valence electrons. The van der Waals surface area contributed by atoms with E-state index >= 15 is 0 Å². The highest BCUT2D eigenvalue weighted by molar-refractivity contribution is 6.06. The van der Waals surface area contributed by atoms with Crippen molar-refractivity contribution in [3.8, 4) is 0 Å². The molecule has 0 spiro atoms. The zero-order valence-corrected chi connectivity index (χ0v) is 13.7. The third kappa shape index (κ3) is 2.66. The van der Waals surface area contributed by atoms with Gasteiger partial charge in [-0.3, -0.25) is 9.78 Å². The maximum absolute atomic E-state index is 13.0. The van der Waals surface area contributed by atoms with Gasteiger partial charge in [-0.2, -0.15) is 0 Å². The molecule has 1 saturated heterocycles. The summed E-state index contributed by atoms with van der Waals surface area (Å²) >= 11 is 0. The first kappa shape index (κ1) is 14.9. The number of fused-ring (bicyclic) bond motifs is 1. The Morgan fingerprint density at radius 2 is 2.00 bits per heavy atom.